The van der Waals surface area contributed by atoms with Crippen LogP contribution in [-0.4, -0.2) is 48.8 Å². The molecule has 4 rings (SSSR count). The normalized spacial score (nSPS) is 14.5. The van der Waals surface area contributed by atoms with Crippen LogP contribution < -0.4 is 5.32 Å². The number of nitrogens with zero attached hydrogens (tertiary/aromatic N) is 2. The summed E-state index contributed by atoms with van der Waals surface area (Å²) in [6, 6.07) is 13.9. The molecule has 0 saturated carbocycles. The van der Waals surface area contributed by atoms with E-state index in [9.17, 15) is 4.79 Å². The van der Waals surface area contributed by atoms with Gasteiger partial charge in [0.05, 0.1) is 18.8 Å². The average Bonchev–Trinajstić information content (AvgIpc) is 3.22. The molecule has 31 heavy (non-hydrogen) atoms. The molecular weight excluding hydrogens is 414 g/mol. The molecule has 0 radical (unpaired) electrons. The van der Waals surface area contributed by atoms with Gasteiger partial charge in [-0.1, -0.05) is 53.2 Å². The number of rotatable bonds is 6. The summed E-state index contributed by atoms with van der Waals surface area (Å²) >= 11 is 6.34. The molecule has 1 aliphatic rings. The topological polar surface area (TPSA) is 67.6 Å². The molecule has 2 heterocycles. The van der Waals surface area contributed by atoms with E-state index in [1.54, 1.807) is 0 Å². The van der Waals surface area contributed by atoms with Crippen molar-refractivity contribution in [3.8, 4) is 22.5 Å². The number of carbonyl (C=O) groups is 1. The molecule has 6 nitrogen and oxygen atoms in total. The van der Waals surface area contributed by atoms with Gasteiger partial charge in [0.2, 0.25) is 0 Å². The summed E-state index contributed by atoms with van der Waals surface area (Å²) in [4.78, 5) is 15.0. The molecule has 1 N–H and O–H groups in total. The van der Waals surface area contributed by atoms with Crippen LogP contribution in [0, 0.1) is 6.92 Å². The highest BCUT2D eigenvalue weighted by Gasteiger charge is 2.24. The zero-order chi connectivity index (χ0) is 21.8. The van der Waals surface area contributed by atoms with Crippen LogP contribution in [0.15, 0.2) is 47.0 Å². The Morgan fingerprint density at radius 3 is 2.52 bits per heavy atom. The molecule has 162 valence electrons. The molecule has 3 aromatic rings. The maximum Gasteiger partial charge on any atom is 0.274 e. The van der Waals surface area contributed by atoms with Crippen molar-refractivity contribution >= 4 is 17.5 Å². The number of hydrogen-bond acceptors (Lipinski definition) is 5. The summed E-state index contributed by atoms with van der Waals surface area (Å²) in [7, 11) is 0. The first kappa shape index (κ1) is 21.6. The molecule has 0 unspecified atom stereocenters. The molecular formula is C24H26ClN3O3. The maximum atomic E-state index is 12.7. The summed E-state index contributed by atoms with van der Waals surface area (Å²) in [5.74, 6) is 0.271. The predicted octanol–water partition coefficient (Wildman–Crippen LogP) is 4.55. The van der Waals surface area contributed by atoms with Crippen molar-refractivity contribution in [3.05, 3.63) is 64.3 Å². The molecule has 2 aromatic carbocycles. The van der Waals surface area contributed by atoms with Crippen molar-refractivity contribution in [2.45, 2.75) is 20.4 Å². The minimum Gasteiger partial charge on any atom is -0.379 e. The van der Waals surface area contributed by atoms with Crippen LogP contribution in [0.25, 0.3) is 22.5 Å². The molecule has 0 aliphatic carbocycles. The third-order valence-electron chi connectivity index (χ3n) is 5.43. The minimum absolute atomic E-state index is 0.261. The lowest BCUT2D eigenvalue weighted by atomic mass is 9.97. The van der Waals surface area contributed by atoms with E-state index >= 15 is 0 Å². The van der Waals surface area contributed by atoms with Gasteiger partial charge < -0.3 is 14.6 Å². The van der Waals surface area contributed by atoms with Crippen molar-refractivity contribution in [1.29, 1.82) is 0 Å². The van der Waals surface area contributed by atoms with Gasteiger partial charge in [-0.05, 0) is 36.6 Å². The van der Waals surface area contributed by atoms with Gasteiger partial charge >= 0.3 is 0 Å². The van der Waals surface area contributed by atoms with Crippen LogP contribution in [0.5, 0.6) is 0 Å². The van der Waals surface area contributed by atoms with Gasteiger partial charge in [-0.2, -0.15) is 0 Å². The lowest BCUT2D eigenvalue weighted by molar-refractivity contribution is 0.0342. The number of aromatic nitrogens is 1. The summed E-state index contributed by atoms with van der Waals surface area (Å²) in [6.45, 7) is 8.63. The van der Waals surface area contributed by atoms with E-state index in [0.717, 1.165) is 49.5 Å². The summed E-state index contributed by atoms with van der Waals surface area (Å²) in [5, 5.41) is 7.56. The molecule has 7 heteroatoms. The van der Waals surface area contributed by atoms with E-state index in [4.69, 9.17) is 20.9 Å². The van der Waals surface area contributed by atoms with Gasteiger partial charge in [-0.3, -0.25) is 9.69 Å². The SMILES string of the molecule is CCNC(=O)c1noc(-c2ccc(C)c(Cl)c2)c1-c1ccc(CN2CCOCC2)cc1. The van der Waals surface area contributed by atoms with Crippen LogP contribution >= 0.6 is 11.6 Å². The number of benzene rings is 2. The van der Waals surface area contributed by atoms with Crippen LogP contribution in [0.3, 0.4) is 0 Å². The van der Waals surface area contributed by atoms with Crippen molar-refractivity contribution in [1.82, 2.24) is 15.4 Å². The van der Waals surface area contributed by atoms with Crippen molar-refractivity contribution in [2.24, 2.45) is 0 Å². The molecule has 1 amide bonds. The van der Waals surface area contributed by atoms with Gasteiger partial charge in [0.25, 0.3) is 5.91 Å². The van der Waals surface area contributed by atoms with E-state index in [-0.39, 0.29) is 11.6 Å². The average molecular weight is 440 g/mol. The van der Waals surface area contributed by atoms with Gasteiger partial charge in [0.1, 0.15) is 0 Å². The molecule has 1 fully saturated rings. The second-order valence-corrected chi connectivity index (χ2v) is 8.05. The number of carbonyl (C=O) groups excluding carboxylic acids is 1. The fourth-order valence-electron chi connectivity index (χ4n) is 3.68. The number of aryl methyl sites for hydroxylation is 1. The van der Waals surface area contributed by atoms with Crippen molar-refractivity contribution < 1.29 is 14.1 Å². The smallest absolute Gasteiger partial charge is 0.274 e. The number of ether oxygens (including phenoxy) is 1. The second-order valence-electron chi connectivity index (χ2n) is 7.64. The minimum atomic E-state index is -0.261. The van der Waals surface area contributed by atoms with Crippen molar-refractivity contribution in [3.63, 3.8) is 0 Å². The Labute approximate surface area is 187 Å². The van der Waals surface area contributed by atoms with Crippen LogP contribution in [0.2, 0.25) is 5.02 Å². The van der Waals surface area contributed by atoms with E-state index in [1.165, 1.54) is 5.56 Å². The number of morpholine rings is 1. The third kappa shape index (κ3) is 4.82. The Kier molecular flexibility index (Phi) is 6.70. The molecule has 1 aromatic heterocycles. The second kappa shape index (κ2) is 9.64. The first-order valence-electron chi connectivity index (χ1n) is 10.5. The number of amides is 1. The standard InChI is InChI=1S/C24H26ClN3O3/c1-3-26-24(29)22-21(23(31-27-22)19-7-4-16(2)20(25)14-19)18-8-5-17(6-9-18)15-28-10-12-30-13-11-28/h4-9,14H,3,10-13,15H2,1-2H3,(H,26,29). The van der Waals surface area contributed by atoms with E-state index in [0.29, 0.717) is 22.9 Å². The van der Waals surface area contributed by atoms with Gasteiger partial charge in [-0.15, -0.1) is 0 Å². The Bertz CT molecular complexity index is 1060. The molecule has 0 bridgehead atoms. The largest absolute Gasteiger partial charge is 0.379 e. The molecule has 0 atom stereocenters. The van der Waals surface area contributed by atoms with Crippen LogP contribution in [0.4, 0.5) is 0 Å². The first-order chi connectivity index (χ1) is 15.1. The quantitative estimate of drug-likeness (QED) is 0.610. The Morgan fingerprint density at radius 1 is 1.13 bits per heavy atom. The van der Waals surface area contributed by atoms with Crippen LogP contribution in [-0.2, 0) is 11.3 Å². The lowest BCUT2D eigenvalue weighted by Gasteiger charge is -2.26. The molecule has 1 saturated heterocycles. The highest BCUT2D eigenvalue weighted by Crippen LogP contribution is 2.37. The maximum absolute atomic E-state index is 12.7. The predicted molar refractivity (Wildman–Crippen MR) is 121 cm³/mol. The number of hydrogen-bond donors (Lipinski definition) is 1. The van der Waals surface area contributed by atoms with Crippen molar-refractivity contribution in [2.75, 3.05) is 32.8 Å². The summed E-state index contributed by atoms with van der Waals surface area (Å²) in [5.41, 5.74) is 4.79. The first-order valence-corrected chi connectivity index (χ1v) is 10.9. The zero-order valence-corrected chi connectivity index (χ0v) is 18.5. The lowest BCUT2D eigenvalue weighted by Crippen LogP contribution is -2.35. The van der Waals surface area contributed by atoms with Crippen LogP contribution in [0.1, 0.15) is 28.5 Å². The van der Waals surface area contributed by atoms with E-state index < -0.39 is 0 Å². The number of nitrogens with one attached hydrogen (secondary N) is 1. The highest BCUT2D eigenvalue weighted by atomic mass is 35.5. The fraction of sp³-hybridized carbons (Fsp3) is 0.333. The van der Waals surface area contributed by atoms with E-state index in [1.807, 2.05) is 44.2 Å². The Morgan fingerprint density at radius 2 is 1.84 bits per heavy atom. The highest BCUT2D eigenvalue weighted by molar-refractivity contribution is 6.31. The summed E-state index contributed by atoms with van der Waals surface area (Å²) in [6.07, 6.45) is 0. The molecule has 1 aliphatic heterocycles. The Balaban J connectivity index is 1.70. The number of halogens is 1. The summed E-state index contributed by atoms with van der Waals surface area (Å²) < 4.78 is 11.1. The molecule has 0 spiro atoms. The third-order valence-corrected chi connectivity index (χ3v) is 5.84. The Hall–Kier alpha value is -2.67. The van der Waals surface area contributed by atoms with Gasteiger partial charge in [-0.25, -0.2) is 0 Å². The van der Waals surface area contributed by atoms with Gasteiger partial charge in [0.15, 0.2) is 11.5 Å². The monoisotopic (exact) mass is 439 g/mol. The fourth-order valence-corrected chi connectivity index (χ4v) is 3.86. The van der Waals surface area contributed by atoms with E-state index in [2.05, 4.69) is 27.5 Å². The van der Waals surface area contributed by atoms with Gasteiger partial charge in [0, 0.05) is 36.8 Å². The zero-order valence-electron chi connectivity index (χ0n) is 17.8.